The van der Waals surface area contributed by atoms with Crippen LogP contribution >= 0.6 is 0 Å². The van der Waals surface area contributed by atoms with E-state index in [1.54, 1.807) is 23.0 Å². The Morgan fingerprint density at radius 2 is 1.86 bits per heavy atom. The average Bonchev–Trinajstić information content (AvgIpc) is 3.67. The maximum Gasteiger partial charge on any atom is 0.252 e. The van der Waals surface area contributed by atoms with Crippen LogP contribution in [0.2, 0.25) is 0 Å². The number of rotatable bonds is 8. The van der Waals surface area contributed by atoms with Crippen LogP contribution in [0.25, 0.3) is 16.9 Å². The van der Waals surface area contributed by atoms with Crippen LogP contribution in [0.3, 0.4) is 0 Å². The van der Waals surface area contributed by atoms with Crippen molar-refractivity contribution in [2.75, 3.05) is 13.1 Å². The molecule has 0 atom stereocenters. The molecular formula is C26H26N6O3. The van der Waals surface area contributed by atoms with E-state index >= 15 is 0 Å². The van der Waals surface area contributed by atoms with E-state index in [4.69, 9.17) is 4.98 Å². The van der Waals surface area contributed by atoms with Crippen LogP contribution in [0, 0.1) is 6.92 Å². The van der Waals surface area contributed by atoms with Crippen LogP contribution in [0.5, 0.6) is 5.75 Å². The van der Waals surface area contributed by atoms with Gasteiger partial charge in [0.2, 0.25) is 0 Å². The molecule has 3 aromatic heterocycles. The number of hydrogen-bond acceptors (Lipinski definition) is 6. The molecule has 1 saturated carbocycles. The molecule has 0 bridgehead atoms. The van der Waals surface area contributed by atoms with Crippen molar-refractivity contribution in [1.29, 1.82) is 0 Å². The van der Waals surface area contributed by atoms with Crippen molar-refractivity contribution in [2.45, 2.75) is 32.1 Å². The molecule has 4 aromatic rings. The molecule has 3 N–H and O–H groups in total. The van der Waals surface area contributed by atoms with E-state index in [-0.39, 0.29) is 17.6 Å². The Labute approximate surface area is 202 Å². The zero-order valence-electron chi connectivity index (χ0n) is 19.4. The largest absolute Gasteiger partial charge is 0.508 e. The number of pyridine rings is 2. The number of benzene rings is 1. The molecule has 1 aliphatic carbocycles. The average molecular weight is 471 g/mol. The fraction of sp³-hybridized carbons (Fsp3) is 0.269. The first-order valence-corrected chi connectivity index (χ1v) is 11.7. The number of phenolic OH excluding ortho intramolecular Hbond substituents is 1. The molecule has 178 valence electrons. The molecule has 1 aliphatic rings. The number of fused-ring (bicyclic) bond motifs is 1. The van der Waals surface area contributed by atoms with Gasteiger partial charge < -0.3 is 15.7 Å². The lowest BCUT2D eigenvalue weighted by Crippen LogP contribution is -2.30. The molecule has 3 heterocycles. The molecule has 9 nitrogen and oxygen atoms in total. The summed E-state index contributed by atoms with van der Waals surface area (Å²) in [6.45, 7) is 2.66. The number of nitrogens with zero attached hydrogens (tertiary/aromatic N) is 4. The second-order valence-corrected chi connectivity index (χ2v) is 8.67. The SMILES string of the molecule is Cc1nn(-c2ccccn2)c2nc(C3CC3)cc(C(=O)NCCCNC(=O)c3cccc(O)c3)c12. The Morgan fingerprint density at radius 1 is 1.06 bits per heavy atom. The number of carbonyl (C=O) groups is 2. The molecule has 9 heteroatoms. The Bertz CT molecular complexity index is 1400. The van der Waals surface area contributed by atoms with Crippen molar-refractivity contribution in [3.05, 3.63) is 77.2 Å². The summed E-state index contributed by atoms with van der Waals surface area (Å²) in [6, 6.07) is 13.7. The molecule has 0 unspecified atom stereocenters. The first kappa shape index (κ1) is 22.5. The van der Waals surface area contributed by atoms with Gasteiger partial charge in [-0.3, -0.25) is 9.59 Å². The normalized spacial score (nSPS) is 13.1. The lowest BCUT2D eigenvalue weighted by atomic mass is 10.1. The molecule has 35 heavy (non-hydrogen) atoms. The zero-order valence-corrected chi connectivity index (χ0v) is 19.4. The minimum atomic E-state index is -0.269. The summed E-state index contributed by atoms with van der Waals surface area (Å²) < 4.78 is 1.70. The second kappa shape index (κ2) is 9.54. The van der Waals surface area contributed by atoms with E-state index in [1.165, 1.54) is 12.1 Å². The van der Waals surface area contributed by atoms with Gasteiger partial charge in [-0.05, 0) is 62.6 Å². The van der Waals surface area contributed by atoms with Gasteiger partial charge in [0.15, 0.2) is 11.5 Å². The number of nitrogens with one attached hydrogen (secondary N) is 2. The number of phenols is 1. The van der Waals surface area contributed by atoms with Crippen LogP contribution in [-0.4, -0.2) is 49.8 Å². The lowest BCUT2D eigenvalue weighted by Gasteiger charge is -2.10. The van der Waals surface area contributed by atoms with Gasteiger partial charge in [0.1, 0.15) is 5.75 Å². The summed E-state index contributed by atoms with van der Waals surface area (Å²) in [5, 5.41) is 20.6. The summed E-state index contributed by atoms with van der Waals surface area (Å²) in [5.74, 6) is 0.601. The number of hydrogen-bond donors (Lipinski definition) is 3. The summed E-state index contributed by atoms with van der Waals surface area (Å²) in [7, 11) is 0. The van der Waals surface area contributed by atoms with Crippen molar-refractivity contribution >= 4 is 22.8 Å². The van der Waals surface area contributed by atoms with Crippen LogP contribution in [0.4, 0.5) is 0 Å². The van der Waals surface area contributed by atoms with Crippen molar-refractivity contribution in [3.63, 3.8) is 0 Å². The van der Waals surface area contributed by atoms with E-state index in [9.17, 15) is 14.7 Å². The third kappa shape index (κ3) is 4.84. The van der Waals surface area contributed by atoms with Gasteiger partial charge in [-0.2, -0.15) is 9.78 Å². The van der Waals surface area contributed by atoms with Gasteiger partial charge in [-0.15, -0.1) is 0 Å². The van der Waals surface area contributed by atoms with Crippen molar-refractivity contribution in [3.8, 4) is 11.6 Å². The lowest BCUT2D eigenvalue weighted by molar-refractivity contribution is 0.0952. The summed E-state index contributed by atoms with van der Waals surface area (Å²) in [4.78, 5) is 34.7. The van der Waals surface area contributed by atoms with E-state index in [1.807, 2.05) is 31.2 Å². The minimum absolute atomic E-state index is 0.0424. The smallest absolute Gasteiger partial charge is 0.252 e. The fourth-order valence-electron chi connectivity index (χ4n) is 4.05. The summed E-state index contributed by atoms with van der Waals surface area (Å²) in [6.07, 6.45) is 4.40. The monoisotopic (exact) mass is 470 g/mol. The second-order valence-electron chi connectivity index (χ2n) is 8.67. The van der Waals surface area contributed by atoms with Gasteiger partial charge in [0.25, 0.3) is 11.8 Å². The maximum atomic E-state index is 13.2. The van der Waals surface area contributed by atoms with Crippen LogP contribution < -0.4 is 10.6 Å². The van der Waals surface area contributed by atoms with Gasteiger partial charge in [-0.25, -0.2) is 9.97 Å². The zero-order chi connectivity index (χ0) is 24.4. The number of aromatic nitrogens is 4. The van der Waals surface area contributed by atoms with Gasteiger partial charge in [-0.1, -0.05) is 12.1 Å². The molecular weight excluding hydrogens is 444 g/mol. The van der Waals surface area contributed by atoms with E-state index in [0.29, 0.717) is 53.7 Å². The predicted octanol–water partition coefficient (Wildman–Crippen LogP) is 3.26. The Hall–Kier alpha value is -4.27. The Morgan fingerprint density at radius 3 is 2.57 bits per heavy atom. The Kier molecular flexibility index (Phi) is 6.13. The molecule has 1 aromatic carbocycles. The number of aryl methyl sites for hydroxylation is 1. The van der Waals surface area contributed by atoms with Crippen molar-refractivity contribution < 1.29 is 14.7 Å². The predicted molar refractivity (Wildman–Crippen MR) is 131 cm³/mol. The molecule has 0 aliphatic heterocycles. The molecule has 1 fully saturated rings. The number of aromatic hydroxyl groups is 1. The van der Waals surface area contributed by atoms with Crippen molar-refractivity contribution in [1.82, 2.24) is 30.4 Å². The van der Waals surface area contributed by atoms with Gasteiger partial charge >= 0.3 is 0 Å². The first-order chi connectivity index (χ1) is 17.0. The number of amides is 2. The minimum Gasteiger partial charge on any atom is -0.508 e. The van der Waals surface area contributed by atoms with E-state index in [2.05, 4.69) is 20.7 Å². The van der Waals surface area contributed by atoms with E-state index in [0.717, 1.165) is 23.9 Å². The standard InChI is InChI=1S/C26H26N6O3/c1-16-23-20(26(35)29-13-5-12-28-25(34)18-6-4-7-19(33)14-18)15-21(17-9-10-17)30-24(23)32(31-16)22-8-2-3-11-27-22/h2-4,6-8,11,14-15,17,33H,5,9-10,12-13H2,1H3,(H,28,34)(H,29,35). The van der Waals surface area contributed by atoms with E-state index < -0.39 is 0 Å². The molecule has 2 amide bonds. The van der Waals surface area contributed by atoms with Crippen molar-refractivity contribution in [2.24, 2.45) is 0 Å². The molecule has 0 spiro atoms. The first-order valence-electron chi connectivity index (χ1n) is 11.7. The highest BCUT2D eigenvalue weighted by Crippen LogP contribution is 2.40. The highest BCUT2D eigenvalue weighted by atomic mass is 16.3. The highest BCUT2D eigenvalue weighted by molar-refractivity contribution is 6.06. The van der Waals surface area contributed by atoms with Crippen LogP contribution in [0.15, 0.2) is 54.7 Å². The highest BCUT2D eigenvalue weighted by Gasteiger charge is 2.29. The third-order valence-corrected chi connectivity index (χ3v) is 5.97. The van der Waals surface area contributed by atoms with Crippen LogP contribution in [0.1, 0.15) is 57.3 Å². The summed E-state index contributed by atoms with van der Waals surface area (Å²) in [5.41, 5.74) is 3.19. The maximum absolute atomic E-state index is 13.2. The molecule has 0 saturated heterocycles. The topological polar surface area (TPSA) is 122 Å². The molecule has 5 rings (SSSR count). The molecule has 0 radical (unpaired) electrons. The Balaban J connectivity index is 1.29. The summed E-state index contributed by atoms with van der Waals surface area (Å²) >= 11 is 0. The van der Waals surface area contributed by atoms with Gasteiger partial charge in [0.05, 0.1) is 16.6 Å². The third-order valence-electron chi connectivity index (χ3n) is 5.97. The van der Waals surface area contributed by atoms with Crippen LogP contribution in [-0.2, 0) is 0 Å². The van der Waals surface area contributed by atoms with Gasteiger partial charge in [0, 0.05) is 36.5 Å². The number of carbonyl (C=O) groups excluding carboxylic acids is 2. The quantitative estimate of drug-likeness (QED) is 0.340. The fourth-order valence-corrected chi connectivity index (χ4v) is 4.05.